The van der Waals surface area contributed by atoms with Crippen LogP contribution in [0.5, 0.6) is 17.2 Å². The lowest BCUT2D eigenvalue weighted by atomic mass is 9.86. The number of carboxylic acids is 1. The van der Waals surface area contributed by atoms with Gasteiger partial charge in [-0.15, -0.1) is 0 Å². The van der Waals surface area contributed by atoms with Gasteiger partial charge in [-0.25, -0.2) is 13.2 Å². The number of carboxylic acid groups (broad SMARTS) is 1. The van der Waals surface area contributed by atoms with Crippen molar-refractivity contribution in [3.8, 4) is 17.2 Å². The lowest BCUT2D eigenvalue weighted by Crippen LogP contribution is -2.43. The van der Waals surface area contributed by atoms with E-state index in [-0.39, 0.29) is 11.1 Å². The van der Waals surface area contributed by atoms with Crippen molar-refractivity contribution >= 4 is 38.3 Å². The smallest absolute Gasteiger partial charge is 0.352 e. The highest BCUT2D eigenvalue weighted by Crippen LogP contribution is 2.37. The van der Waals surface area contributed by atoms with Gasteiger partial charge in [0.2, 0.25) is 10.0 Å². The molecule has 2 aromatic carbocycles. The number of carbonyl (C=O) groups is 1. The number of fused-ring (bicyclic) bond motifs is 1. The minimum absolute atomic E-state index is 0.131. The lowest BCUT2D eigenvalue weighted by Gasteiger charge is -2.32. The molecule has 0 saturated carbocycles. The summed E-state index contributed by atoms with van der Waals surface area (Å²) in [5.41, 5.74) is 9.43. The van der Waals surface area contributed by atoms with Gasteiger partial charge in [0.25, 0.3) is 0 Å². The van der Waals surface area contributed by atoms with Crippen molar-refractivity contribution in [3.05, 3.63) is 71.7 Å². The van der Waals surface area contributed by atoms with Crippen LogP contribution in [0.2, 0.25) is 0 Å². The molecule has 13 heteroatoms. The van der Waals surface area contributed by atoms with Crippen LogP contribution in [-0.4, -0.2) is 85.4 Å². The number of pyridine rings is 1. The molecule has 0 radical (unpaired) electrons. The number of nitrogens with zero attached hydrogens (tertiary/aromatic N) is 4. The van der Waals surface area contributed by atoms with E-state index in [0.29, 0.717) is 28.6 Å². The number of hydrogen-bond acceptors (Lipinski definition) is 9. The number of hydrogen-bond donors (Lipinski definition) is 3. The highest BCUT2D eigenvalue weighted by atomic mass is 32.2. The van der Waals surface area contributed by atoms with Crippen LogP contribution in [0.1, 0.15) is 42.5 Å². The summed E-state index contributed by atoms with van der Waals surface area (Å²) >= 11 is 0. The number of nitrogens with one attached hydrogen (secondary N) is 1. The molecule has 0 aliphatic carbocycles. The van der Waals surface area contributed by atoms with Gasteiger partial charge >= 0.3 is 5.97 Å². The van der Waals surface area contributed by atoms with Crippen molar-refractivity contribution in [1.82, 2.24) is 19.4 Å². The zero-order valence-electron chi connectivity index (χ0n) is 27.5. The number of anilines is 2. The van der Waals surface area contributed by atoms with Gasteiger partial charge in [-0.1, -0.05) is 32.9 Å². The highest BCUT2D eigenvalue weighted by Gasteiger charge is 2.20. The fraction of sp³-hybridized carbons (Fsp3) is 0.394. The van der Waals surface area contributed by atoms with Crippen molar-refractivity contribution in [2.45, 2.75) is 32.7 Å². The molecule has 0 atom stereocenters. The molecule has 2 aromatic heterocycles. The minimum Gasteiger partial charge on any atom is -0.492 e. The van der Waals surface area contributed by atoms with Crippen molar-refractivity contribution < 1.29 is 27.8 Å². The van der Waals surface area contributed by atoms with E-state index in [9.17, 15) is 18.3 Å². The first-order valence-electron chi connectivity index (χ1n) is 14.9. The second-order valence-electron chi connectivity index (χ2n) is 12.5. The van der Waals surface area contributed by atoms with Crippen LogP contribution in [0.15, 0.2) is 54.7 Å². The molecule has 3 heterocycles. The van der Waals surface area contributed by atoms with Crippen LogP contribution in [0.25, 0.3) is 10.9 Å². The number of ether oxygens (including phenoxy) is 2. The van der Waals surface area contributed by atoms with Crippen LogP contribution >= 0.6 is 0 Å². The molecule has 1 aliphatic heterocycles. The molecule has 12 nitrogen and oxygen atoms in total. The second kappa shape index (κ2) is 14.0. The summed E-state index contributed by atoms with van der Waals surface area (Å²) in [6, 6.07) is 14.6. The first kappa shape index (κ1) is 34.5. The normalized spacial score (nSPS) is 14.4. The molecule has 1 fully saturated rings. The Hall–Kier alpha value is -4.33. The van der Waals surface area contributed by atoms with E-state index < -0.39 is 16.0 Å². The summed E-state index contributed by atoms with van der Waals surface area (Å²) in [5.74, 6) is 0.713. The first-order chi connectivity index (χ1) is 21.6. The molecular weight excluding hydrogens is 608 g/mol. The van der Waals surface area contributed by atoms with Crippen LogP contribution in [0.3, 0.4) is 0 Å². The Labute approximate surface area is 270 Å². The van der Waals surface area contributed by atoms with Gasteiger partial charge in [0.05, 0.1) is 36.0 Å². The minimum atomic E-state index is -3.37. The van der Waals surface area contributed by atoms with E-state index in [0.717, 1.165) is 61.1 Å². The molecule has 0 spiro atoms. The molecule has 4 aromatic rings. The van der Waals surface area contributed by atoms with Crippen molar-refractivity contribution in [1.29, 1.82) is 0 Å². The van der Waals surface area contributed by atoms with Gasteiger partial charge in [0.1, 0.15) is 11.4 Å². The van der Waals surface area contributed by atoms with Gasteiger partial charge in [-0.2, -0.15) is 0 Å². The number of piperazine rings is 1. The number of aryl methyl sites for hydroxylation is 1. The van der Waals surface area contributed by atoms with Crippen LogP contribution in [0, 0.1) is 0 Å². The third kappa shape index (κ3) is 8.68. The van der Waals surface area contributed by atoms with Crippen molar-refractivity contribution in [2.24, 2.45) is 7.05 Å². The molecule has 248 valence electrons. The Morgan fingerprint density at radius 2 is 1.76 bits per heavy atom. The van der Waals surface area contributed by atoms with E-state index in [1.165, 1.54) is 7.11 Å². The summed E-state index contributed by atoms with van der Waals surface area (Å²) in [5, 5.41) is 10.2. The number of likely N-dealkylation sites (N-methyl/N-ethyl adjacent to an activating group) is 1. The Morgan fingerprint density at radius 1 is 1.07 bits per heavy atom. The topological polar surface area (TPSA) is 152 Å². The molecule has 4 N–H and O–H groups in total. The highest BCUT2D eigenvalue weighted by molar-refractivity contribution is 7.92. The van der Waals surface area contributed by atoms with Crippen LogP contribution in [0.4, 0.5) is 11.4 Å². The van der Waals surface area contributed by atoms with E-state index in [4.69, 9.17) is 15.2 Å². The zero-order valence-corrected chi connectivity index (χ0v) is 28.3. The lowest BCUT2D eigenvalue weighted by molar-refractivity contribution is 0.0687. The predicted octanol–water partition coefficient (Wildman–Crippen LogP) is 4.76. The number of para-hydroxylation sites is 1. The number of sulfonamides is 1. The molecule has 1 saturated heterocycles. The van der Waals surface area contributed by atoms with E-state index >= 15 is 0 Å². The molecule has 0 unspecified atom stereocenters. The van der Waals surface area contributed by atoms with Gasteiger partial charge in [-0.3, -0.25) is 14.6 Å². The maximum absolute atomic E-state index is 11.4. The van der Waals surface area contributed by atoms with Crippen LogP contribution in [-0.2, 0) is 29.0 Å². The van der Waals surface area contributed by atoms with Crippen molar-refractivity contribution in [3.63, 3.8) is 0 Å². The fourth-order valence-corrected chi connectivity index (χ4v) is 5.77. The number of nitrogens with two attached hydrogens (primary N) is 1. The Morgan fingerprint density at radius 3 is 2.37 bits per heavy atom. The van der Waals surface area contributed by atoms with Gasteiger partial charge in [0.15, 0.2) is 11.5 Å². The van der Waals surface area contributed by atoms with E-state index in [1.54, 1.807) is 36.0 Å². The molecule has 5 rings (SSSR count). The number of benzene rings is 2. The third-order valence-corrected chi connectivity index (χ3v) is 8.31. The average molecular weight is 653 g/mol. The monoisotopic (exact) mass is 652 g/mol. The summed E-state index contributed by atoms with van der Waals surface area (Å²) in [6.45, 7) is 11.1. The zero-order chi connectivity index (χ0) is 33.8. The second-order valence-corrected chi connectivity index (χ2v) is 14.3. The van der Waals surface area contributed by atoms with Gasteiger partial charge < -0.3 is 29.8 Å². The Bertz CT molecular complexity index is 1810. The van der Waals surface area contributed by atoms with Gasteiger partial charge in [-0.05, 0) is 48.4 Å². The number of nitrogen functional groups attached to an aromatic ring is 1. The van der Waals surface area contributed by atoms with E-state index in [1.807, 2.05) is 51.1 Å². The summed E-state index contributed by atoms with van der Waals surface area (Å²) < 4.78 is 38.0. The quantitative estimate of drug-likeness (QED) is 0.227. The van der Waals surface area contributed by atoms with Gasteiger partial charge in [0, 0.05) is 57.4 Å². The number of aromatic nitrogens is 2. The van der Waals surface area contributed by atoms with E-state index in [2.05, 4.69) is 26.6 Å². The number of rotatable bonds is 8. The summed E-state index contributed by atoms with van der Waals surface area (Å²) in [6.07, 6.45) is 2.85. The fourth-order valence-electron chi connectivity index (χ4n) is 5.22. The SMILES string of the molecule is CN1CCN(Cc2cc(Oc3cccc4cc(C(=O)O)n(C)c34)ccn2)CC1.COc1c(N)cc(C(C)(C)C)cc1NS(C)(=O)=O. The maximum atomic E-state index is 11.4. The molecule has 46 heavy (non-hydrogen) atoms. The maximum Gasteiger partial charge on any atom is 0.352 e. The van der Waals surface area contributed by atoms with Crippen molar-refractivity contribution in [2.75, 3.05) is 57.0 Å². The van der Waals surface area contributed by atoms with Crippen LogP contribution < -0.4 is 19.9 Å². The standard InChI is InChI=1S/C21H24N4O3.C12H20N2O3S/c1-23-8-10-25(11-9-23)14-16-13-17(6-7-22-16)28-19-5-3-4-15-12-18(21(26)27)24(2)20(15)19;1-12(2,3)8-6-9(13)11(17-4)10(7-8)14-18(5,15)16/h3-7,12-13H,8-11,14H2,1-2H3,(H,26,27);6-7,14H,13H2,1-5H3. The number of aromatic carboxylic acids is 1. The molecule has 0 bridgehead atoms. The molecular formula is C33H44N6O6S. The third-order valence-electron chi connectivity index (χ3n) is 7.72. The largest absolute Gasteiger partial charge is 0.492 e. The summed E-state index contributed by atoms with van der Waals surface area (Å²) in [7, 11) is 1.96. The number of methoxy groups -OCH3 is 1. The Balaban J connectivity index is 0.000000232. The average Bonchev–Trinajstić information content (AvgIpc) is 3.31. The first-order valence-corrected chi connectivity index (χ1v) is 16.8. The predicted molar refractivity (Wildman–Crippen MR) is 182 cm³/mol. The summed E-state index contributed by atoms with van der Waals surface area (Å²) in [4.78, 5) is 20.6. The Kier molecular flexibility index (Phi) is 10.5. The molecule has 0 amide bonds. The molecule has 1 aliphatic rings.